The van der Waals surface area contributed by atoms with Gasteiger partial charge in [-0.2, -0.15) is 0 Å². The summed E-state index contributed by atoms with van der Waals surface area (Å²) in [6, 6.07) is 0. The van der Waals surface area contributed by atoms with Crippen LogP contribution in [0.25, 0.3) is 0 Å². The SMILES string of the molecule is CCOC(=O)[BH-](C(=O)OCC)C(=O)OCC. The maximum Gasteiger partial charge on any atom is 0.332 e. The molecular weight excluding hydrogens is 215 g/mol. The lowest BCUT2D eigenvalue weighted by Crippen LogP contribution is -2.44. The van der Waals surface area contributed by atoms with Crippen molar-refractivity contribution in [2.45, 2.75) is 20.8 Å². The molecule has 92 valence electrons. The van der Waals surface area contributed by atoms with Gasteiger partial charge in [-0.15, -0.1) is 0 Å². The fraction of sp³-hybridized carbons (Fsp3) is 0.667. The van der Waals surface area contributed by atoms with Crippen molar-refractivity contribution in [3.05, 3.63) is 0 Å². The molecule has 0 rings (SSSR count). The second-order valence-electron chi connectivity index (χ2n) is 2.95. The average Bonchev–Trinajstić information content (AvgIpc) is 2.19. The molecule has 6 nitrogen and oxygen atoms in total. The second-order valence-corrected chi connectivity index (χ2v) is 2.95. The van der Waals surface area contributed by atoms with Crippen LogP contribution < -0.4 is 0 Å². The summed E-state index contributed by atoms with van der Waals surface area (Å²) < 4.78 is 13.9. The molecule has 0 spiro atoms. The summed E-state index contributed by atoms with van der Waals surface area (Å²) in [6.45, 7) is 2.51. The zero-order chi connectivity index (χ0) is 12.6. The summed E-state index contributed by atoms with van der Waals surface area (Å²) in [5.74, 6) is -2.58. The van der Waals surface area contributed by atoms with E-state index in [0.717, 1.165) is 0 Å². The highest BCUT2D eigenvalue weighted by molar-refractivity contribution is 7.25. The molecule has 0 aliphatic rings. The highest BCUT2D eigenvalue weighted by atomic mass is 16.6. The summed E-state index contributed by atoms with van der Waals surface area (Å²) in [5.41, 5.74) is 0. The first-order valence-electron chi connectivity index (χ1n) is 5.27. The number of hydrogen-bond acceptors (Lipinski definition) is 6. The van der Waals surface area contributed by atoms with Crippen molar-refractivity contribution < 1.29 is 28.6 Å². The third-order valence-corrected chi connectivity index (χ3v) is 1.78. The van der Waals surface area contributed by atoms with Crippen LogP contribution in [0.5, 0.6) is 0 Å². The smallest absolute Gasteiger partial charge is 0.332 e. The maximum atomic E-state index is 11.4. The lowest BCUT2D eigenvalue weighted by Gasteiger charge is -2.19. The molecule has 0 radical (unpaired) electrons. The number of hydrogen-bond donors (Lipinski definition) is 0. The number of carbonyl (C=O) groups is 3. The normalized spacial score (nSPS) is 9.75. The van der Waals surface area contributed by atoms with Gasteiger partial charge in [0.25, 0.3) is 0 Å². The average molecular weight is 231 g/mol. The zero-order valence-electron chi connectivity index (χ0n) is 9.78. The molecule has 0 bridgehead atoms. The Morgan fingerprint density at radius 1 is 0.750 bits per heavy atom. The topological polar surface area (TPSA) is 78.9 Å². The quantitative estimate of drug-likeness (QED) is 0.508. The van der Waals surface area contributed by atoms with Gasteiger partial charge < -0.3 is 28.6 Å². The van der Waals surface area contributed by atoms with Crippen molar-refractivity contribution in [3.8, 4) is 0 Å². The van der Waals surface area contributed by atoms with Crippen molar-refractivity contribution in [2.24, 2.45) is 0 Å². The minimum absolute atomic E-state index is 0.0984. The summed E-state index contributed by atoms with van der Waals surface area (Å²) in [6.07, 6.45) is 0. The van der Waals surface area contributed by atoms with E-state index in [1.54, 1.807) is 20.8 Å². The molecule has 7 heteroatoms. The molecule has 0 N–H and O–H groups in total. The molecule has 0 aromatic heterocycles. The number of ether oxygens (including phenoxy) is 3. The second kappa shape index (κ2) is 7.73. The standard InChI is InChI=1S/C9H16BO6/c1-4-14-7(11)10(8(12)15-5-2)9(13)16-6-3/h10H,4-6H2,1-3H3/q-1. The van der Waals surface area contributed by atoms with Gasteiger partial charge in [0.2, 0.25) is 0 Å². The minimum Gasteiger partial charge on any atom is -0.499 e. The molecule has 16 heavy (non-hydrogen) atoms. The molecule has 0 saturated heterocycles. The van der Waals surface area contributed by atoms with Crippen LogP contribution >= 0.6 is 0 Å². The van der Waals surface area contributed by atoms with Crippen molar-refractivity contribution in [1.82, 2.24) is 0 Å². The Labute approximate surface area is 94.3 Å². The van der Waals surface area contributed by atoms with Gasteiger partial charge in [-0.1, -0.05) is 0 Å². The first kappa shape index (κ1) is 14.5. The van der Waals surface area contributed by atoms with Crippen LogP contribution in [0.2, 0.25) is 0 Å². The molecule has 0 fully saturated rings. The van der Waals surface area contributed by atoms with E-state index in [-0.39, 0.29) is 19.8 Å². The van der Waals surface area contributed by atoms with E-state index < -0.39 is 24.3 Å². The summed E-state index contributed by atoms with van der Waals surface area (Å²) in [4.78, 5) is 34.2. The zero-order valence-corrected chi connectivity index (χ0v) is 9.78. The highest BCUT2D eigenvalue weighted by Gasteiger charge is 2.31. The number of carbonyl (C=O) groups excluding carboxylic acids is 3. The van der Waals surface area contributed by atoms with Gasteiger partial charge in [0.1, 0.15) is 17.6 Å². The highest BCUT2D eigenvalue weighted by Crippen LogP contribution is 2.01. The van der Waals surface area contributed by atoms with E-state index in [0.29, 0.717) is 0 Å². The lowest BCUT2D eigenvalue weighted by atomic mass is 9.49. The third-order valence-electron chi connectivity index (χ3n) is 1.78. The van der Waals surface area contributed by atoms with E-state index in [1.165, 1.54) is 0 Å². The van der Waals surface area contributed by atoms with E-state index in [2.05, 4.69) is 14.2 Å². The molecule has 0 aliphatic heterocycles. The lowest BCUT2D eigenvalue weighted by molar-refractivity contribution is 0.161. The Bertz CT molecular complexity index is 222. The van der Waals surface area contributed by atoms with Crippen molar-refractivity contribution in [3.63, 3.8) is 0 Å². The molecule has 0 aliphatic carbocycles. The van der Waals surface area contributed by atoms with Crippen LogP contribution in [0.1, 0.15) is 20.8 Å². The van der Waals surface area contributed by atoms with Crippen molar-refractivity contribution in [1.29, 1.82) is 0 Å². The van der Waals surface area contributed by atoms with Crippen LogP contribution in [0.4, 0.5) is 14.4 Å². The first-order valence-corrected chi connectivity index (χ1v) is 5.27. The third kappa shape index (κ3) is 4.33. The molecule has 0 atom stereocenters. The molecule has 0 heterocycles. The molecular formula is C9H16BO6-. The number of rotatable bonds is 6. The van der Waals surface area contributed by atoms with E-state index in [4.69, 9.17) is 0 Å². The first-order chi connectivity index (χ1) is 7.58. The van der Waals surface area contributed by atoms with Crippen LogP contribution in [-0.2, 0) is 14.2 Å². The van der Waals surface area contributed by atoms with Gasteiger partial charge in [-0.05, 0) is 20.8 Å². The molecule has 0 unspecified atom stereocenters. The molecule has 0 saturated carbocycles. The summed E-state index contributed by atoms with van der Waals surface area (Å²) >= 11 is 0. The van der Waals surface area contributed by atoms with Gasteiger partial charge in [-0.3, -0.25) is 0 Å². The van der Waals surface area contributed by atoms with E-state index >= 15 is 0 Å². The Morgan fingerprint density at radius 3 is 1.19 bits per heavy atom. The Kier molecular flexibility index (Phi) is 6.99. The largest absolute Gasteiger partial charge is 0.499 e. The summed E-state index contributed by atoms with van der Waals surface area (Å²) in [5, 5.41) is 0. The fourth-order valence-electron chi connectivity index (χ4n) is 1.14. The van der Waals surface area contributed by atoms with Crippen LogP contribution in [0.15, 0.2) is 0 Å². The molecule has 0 aromatic carbocycles. The van der Waals surface area contributed by atoms with Crippen LogP contribution in [0, 0.1) is 0 Å². The van der Waals surface area contributed by atoms with E-state index in [1.807, 2.05) is 0 Å². The monoisotopic (exact) mass is 231 g/mol. The van der Waals surface area contributed by atoms with Crippen LogP contribution in [0.3, 0.4) is 0 Å². The summed E-state index contributed by atoms with van der Waals surface area (Å²) in [7, 11) is 0. The van der Waals surface area contributed by atoms with Gasteiger partial charge in [0.15, 0.2) is 0 Å². The van der Waals surface area contributed by atoms with Gasteiger partial charge in [0.05, 0.1) is 19.8 Å². The van der Waals surface area contributed by atoms with Crippen LogP contribution in [-0.4, -0.2) is 44.1 Å². The van der Waals surface area contributed by atoms with Gasteiger partial charge in [0, 0.05) is 0 Å². The Hall–Kier alpha value is -1.53. The maximum absolute atomic E-state index is 11.4. The van der Waals surface area contributed by atoms with Gasteiger partial charge in [-0.25, -0.2) is 0 Å². The minimum atomic E-state index is -2.55. The van der Waals surface area contributed by atoms with E-state index in [9.17, 15) is 14.4 Å². The molecule has 0 aromatic rings. The van der Waals surface area contributed by atoms with Crippen molar-refractivity contribution in [2.75, 3.05) is 19.8 Å². The Morgan fingerprint density at radius 2 is 1.00 bits per heavy atom. The van der Waals surface area contributed by atoms with Gasteiger partial charge >= 0.3 is 6.71 Å². The van der Waals surface area contributed by atoms with Crippen molar-refractivity contribution >= 4 is 24.3 Å². The predicted octanol–water partition coefficient (Wildman–Crippen LogP) is 1.43. The molecule has 0 amide bonds. The fourth-order valence-corrected chi connectivity index (χ4v) is 1.14. The Balaban J connectivity index is 4.68. The predicted molar refractivity (Wildman–Crippen MR) is 58.2 cm³/mol.